The molecule has 1 N–H and O–H groups in total. The normalized spacial score (nSPS) is 22.6. The van der Waals surface area contributed by atoms with Gasteiger partial charge in [-0.2, -0.15) is 0 Å². The van der Waals surface area contributed by atoms with Gasteiger partial charge in [-0.15, -0.1) is 0 Å². The predicted octanol–water partition coefficient (Wildman–Crippen LogP) is -0.284. The van der Waals surface area contributed by atoms with Gasteiger partial charge >= 0.3 is 0 Å². The van der Waals surface area contributed by atoms with E-state index in [0.29, 0.717) is 13.2 Å². The van der Waals surface area contributed by atoms with Crippen molar-refractivity contribution in [2.45, 2.75) is 12.5 Å². The SMILES string of the molecule is COCC(O)CN1CCCOCC1. The largest absolute Gasteiger partial charge is 0.389 e. The molecule has 0 saturated carbocycles. The molecule has 1 unspecified atom stereocenters. The molecular weight excluding hydrogens is 170 g/mol. The molecule has 0 bridgehead atoms. The maximum atomic E-state index is 9.49. The summed E-state index contributed by atoms with van der Waals surface area (Å²) in [4.78, 5) is 2.22. The molecular formula is C9H19NO3. The third-order valence-electron chi connectivity index (χ3n) is 2.14. The van der Waals surface area contributed by atoms with E-state index in [0.717, 1.165) is 32.7 Å². The van der Waals surface area contributed by atoms with E-state index in [4.69, 9.17) is 9.47 Å². The molecule has 0 radical (unpaired) electrons. The van der Waals surface area contributed by atoms with E-state index in [9.17, 15) is 5.11 Å². The molecule has 13 heavy (non-hydrogen) atoms. The number of rotatable bonds is 4. The monoisotopic (exact) mass is 189 g/mol. The highest BCUT2D eigenvalue weighted by Crippen LogP contribution is 2.00. The zero-order valence-corrected chi connectivity index (χ0v) is 8.24. The van der Waals surface area contributed by atoms with Gasteiger partial charge in [0.15, 0.2) is 0 Å². The van der Waals surface area contributed by atoms with Crippen LogP contribution in [0.5, 0.6) is 0 Å². The fourth-order valence-electron chi connectivity index (χ4n) is 1.52. The van der Waals surface area contributed by atoms with Crippen LogP contribution in [0.1, 0.15) is 6.42 Å². The molecule has 1 aliphatic heterocycles. The maximum absolute atomic E-state index is 9.49. The topological polar surface area (TPSA) is 41.9 Å². The maximum Gasteiger partial charge on any atom is 0.0900 e. The number of aliphatic hydroxyl groups excluding tert-OH is 1. The van der Waals surface area contributed by atoms with E-state index in [1.807, 2.05) is 0 Å². The Bertz CT molecular complexity index is 124. The zero-order valence-electron chi connectivity index (χ0n) is 8.24. The minimum Gasteiger partial charge on any atom is -0.389 e. The van der Waals surface area contributed by atoms with Gasteiger partial charge in [0, 0.05) is 33.4 Å². The van der Waals surface area contributed by atoms with Crippen molar-refractivity contribution < 1.29 is 14.6 Å². The van der Waals surface area contributed by atoms with E-state index in [1.54, 1.807) is 7.11 Å². The van der Waals surface area contributed by atoms with Gasteiger partial charge in [-0.1, -0.05) is 0 Å². The van der Waals surface area contributed by atoms with Crippen LogP contribution < -0.4 is 0 Å². The van der Waals surface area contributed by atoms with Crippen molar-refractivity contribution in [1.29, 1.82) is 0 Å². The van der Waals surface area contributed by atoms with Gasteiger partial charge in [-0.3, -0.25) is 4.90 Å². The molecule has 0 amide bonds. The predicted molar refractivity (Wildman–Crippen MR) is 49.8 cm³/mol. The molecule has 0 aliphatic carbocycles. The second kappa shape index (κ2) is 6.32. The fourth-order valence-corrected chi connectivity index (χ4v) is 1.52. The lowest BCUT2D eigenvalue weighted by atomic mass is 10.3. The Morgan fingerprint density at radius 2 is 2.31 bits per heavy atom. The van der Waals surface area contributed by atoms with Gasteiger partial charge in [0.1, 0.15) is 0 Å². The standard InChI is InChI=1S/C9H19NO3/c1-12-8-9(11)7-10-3-2-5-13-6-4-10/h9,11H,2-8H2,1H3. The second-order valence-corrected chi connectivity index (χ2v) is 3.38. The number of ether oxygens (including phenoxy) is 2. The van der Waals surface area contributed by atoms with Crippen LogP contribution in [0.3, 0.4) is 0 Å². The van der Waals surface area contributed by atoms with Crippen LogP contribution in [0.25, 0.3) is 0 Å². The Morgan fingerprint density at radius 1 is 1.46 bits per heavy atom. The van der Waals surface area contributed by atoms with Crippen LogP contribution in [0.15, 0.2) is 0 Å². The Morgan fingerprint density at radius 3 is 3.08 bits per heavy atom. The summed E-state index contributed by atoms with van der Waals surface area (Å²) in [5.41, 5.74) is 0. The minimum atomic E-state index is -0.372. The van der Waals surface area contributed by atoms with Crippen molar-refractivity contribution in [2.75, 3.05) is 46.6 Å². The summed E-state index contributed by atoms with van der Waals surface area (Å²) in [7, 11) is 1.61. The summed E-state index contributed by atoms with van der Waals surface area (Å²) in [6.45, 7) is 4.66. The first-order valence-corrected chi connectivity index (χ1v) is 4.80. The summed E-state index contributed by atoms with van der Waals surface area (Å²) in [6, 6.07) is 0. The Labute approximate surface area is 79.4 Å². The van der Waals surface area contributed by atoms with Crippen molar-refractivity contribution in [3.63, 3.8) is 0 Å². The Balaban J connectivity index is 2.17. The molecule has 0 spiro atoms. The summed E-state index contributed by atoms with van der Waals surface area (Å²) < 4.78 is 10.2. The average molecular weight is 189 g/mol. The number of hydrogen-bond donors (Lipinski definition) is 1. The second-order valence-electron chi connectivity index (χ2n) is 3.38. The molecule has 1 saturated heterocycles. The minimum absolute atomic E-state index is 0.372. The Hall–Kier alpha value is -0.160. The highest BCUT2D eigenvalue weighted by Gasteiger charge is 2.13. The highest BCUT2D eigenvalue weighted by atomic mass is 16.5. The van der Waals surface area contributed by atoms with Crippen molar-refractivity contribution in [1.82, 2.24) is 4.90 Å². The number of aliphatic hydroxyl groups is 1. The van der Waals surface area contributed by atoms with Gasteiger partial charge in [0.05, 0.1) is 19.3 Å². The van der Waals surface area contributed by atoms with Crippen molar-refractivity contribution >= 4 is 0 Å². The van der Waals surface area contributed by atoms with Crippen molar-refractivity contribution in [3.8, 4) is 0 Å². The zero-order chi connectivity index (χ0) is 9.52. The lowest BCUT2D eigenvalue weighted by molar-refractivity contribution is 0.0368. The first kappa shape index (κ1) is 10.9. The summed E-state index contributed by atoms with van der Waals surface area (Å²) in [5, 5.41) is 9.49. The quantitative estimate of drug-likeness (QED) is 0.660. The number of hydrogen-bond acceptors (Lipinski definition) is 4. The van der Waals surface area contributed by atoms with E-state index >= 15 is 0 Å². The summed E-state index contributed by atoms with van der Waals surface area (Å²) in [6.07, 6.45) is 0.683. The third-order valence-corrected chi connectivity index (χ3v) is 2.14. The molecule has 78 valence electrons. The molecule has 4 heteroatoms. The van der Waals surface area contributed by atoms with Crippen LogP contribution in [0.2, 0.25) is 0 Å². The van der Waals surface area contributed by atoms with E-state index < -0.39 is 0 Å². The molecule has 1 aliphatic rings. The van der Waals surface area contributed by atoms with Crippen LogP contribution in [0, 0.1) is 0 Å². The molecule has 1 fully saturated rings. The third kappa shape index (κ3) is 4.57. The van der Waals surface area contributed by atoms with Crippen molar-refractivity contribution in [2.24, 2.45) is 0 Å². The molecule has 4 nitrogen and oxygen atoms in total. The number of nitrogens with zero attached hydrogens (tertiary/aromatic N) is 1. The average Bonchev–Trinajstić information content (AvgIpc) is 2.33. The van der Waals surface area contributed by atoms with E-state index in [2.05, 4.69) is 4.90 Å². The molecule has 1 rings (SSSR count). The highest BCUT2D eigenvalue weighted by molar-refractivity contribution is 4.66. The van der Waals surface area contributed by atoms with Gasteiger partial charge < -0.3 is 14.6 Å². The van der Waals surface area contributed by atoms with Gasteiger partial charge in [0.2, 0.25) is 0 Å². The van der Waals surface area contributed by atoms with Gasteiger partial charge in [0.25, 0.3) is 0 Å². The van der Waals surface area contributed by atoms with Crippen LogP contribution >= 0.6 is 0 Å². The molecule has 0 aromatic heterocycles. The first-order valence-electron chi connectivity index (χ1n) is 4.80. The molecule has 1 heterocycles. The molecule has 1 atom stereocenters. The van der Waals surface area contributed by atoms with Crippen LogP contribution in [-0.4, -0.2) is 62.7 Å². The number of β-amino-alcohol motifs (C(OH)–C–C–N with tert-alkyl or cyclic N) is 1. The lowest BCUT2D eigenvalue weighted by Crippen LogP contribution is -2.36. The van der Waals surface area contributed by atoms with E-state index in [1.165, 1.54) is 0 Å². The smallest absolute Gasteiger partial charge is 0.0900 e. The van der Waals surface area contributed by atoms with E-state index in [-0.39, 0.29) is 6.10 Å². The summed E-state index contributed by atoms with van der Waals surface area (Å²) in [5.74, 6) is 0. The van der Waals surface area contributed by atoms with Crippen molar-refractivity contribution in [3.05, 3.63) is 0 Å². The number of methoxy groups -OCH3 is 1. The van der Waals surface area contributed by atoms with Gasteiger partial charge in [-0.05, 0) is 6.42 Å². The lowest BCUT2D eigenvalue weighted by Gasteiger charge is -2.21. The summed E-state index contributed by atoms with van der Waals surface area (Å²) >= 11 is 0. The Kier molecular flexibility index (Phi) is 5.31. The first-order chi connectivity index (χ1) is 6.33. The van der Waals surface area contributed by atoms with Crippen LogP contribution in [-0.2, 0) is 9.47 Å². The molecule has 0 aromatic rings. The van der Waals surface area contributed by atoms with Crippen LogP contribution in [0.4, 0.5) is 0 Å². The fraction of sp³-hybridized carbons (Fsp3) is 1.00. The van der Waals surface area contributed by atoms with Gasteiger partial charge in [-0.25, -0.2) is 0 Å². The molecule has 0 aromatic carbocycles.